The third-order valence-electron chi connectivity index (χ3n) is 11.2. The van der Waals surface area contributed by atoms with E-state index in [1.165, 1.54) is 48.5 Å². The monoisotopic (exact) mass is 1460 g/mol. The van der Waals surface area contributed by atoms with Crippen LogP contribution in [0.3, 0.4) is 0 Å². The number of rotatable bonds is 16. The van der Waals surface area contributed by atoms with Crippen molar-refractivity contribution >= 4 is 148 Å². The van der Waals surface area contributed by atoms with Crippen LogP contribution in [0.1, 0.15) is 0 Å². The number of azo groups is 4. The molecule has 464 valence electrons. The van der Waals surface area contributed by atoms with Gasteiger partial charge in [-0.25, -0.2) is 33.7 Å². The van der Waals surface area contributed by atoms with Crippen LogP contribution in [0.15, 0.2) is 201 Å². The summed E-state index contributed by atoms with van der Waals surface area (Å²) in [6.07, 6.45) is 0. The number of nitrogens with zero attached hydrogens (tertiary/aromatic N) is 8. The number of hydrogen-bond donors (Lipinski definition) is 8. The smallest absolute Gasteiger partial charge is 0.744 e. The Morgan fingerprint density at radius 1 is 0.261 bits per heavy atom. The van der Waals surface area contributed by atoms with E-state index in [9.17, 15) is 124 Å². The van der Waals surface area contributed by atoms with E-state index in [0.717, 1.165) is 48.5 Å². The van der Waals surface area contributed by atoms with E-state index in [-0.39, 0.29) is 118 Å². The molecule has 48 heteroatoms. The van der Waals surface area contributed by atoms with Gasteiger partial charge >= 0.3 is 118 Å². The van der Waals surface area contributed by atoms with Crippen LogP contribution in [-0.2, 0) is 80.9 Å². The van der Waals surface area contributed by atoms with E-state index in [0.29, 0.717) is 24.3 Å². The Kier molecular flexibility index (Phi) is 27.0. The Balaban J connectivity index is 0.000000460. The summed E-state index contributed by atoms with van der Waals surface area (Å²) >= 11 is 0. The summed E-state index contributed by atoms with van der Waals surface area (Å²) in [6, 6.07) is 19.0. The molecular formula is C44H28N8Na4O28S8. The molecule has 8 aromatic carbocycles. The SMILES string of the molecule is O=S(=O)([O-])c1cc2cc(S(=O)(=O)[O-])c(N=Nc3ccccc3S(=O)(=O)O)c(O)c2c(O)c1N=Nc1ccccc1S(=O)(=O)O.O=S(=O)([O-])c1cc2cc(S(=O)(=O)[O-])c(N=Nc3ccccc3S(=O)(=O)O)c(O)c2c(O)c1N=Nc1ccccc1S(=O)(=O)O.[Na+].[Na+].[Na+].[Na+]. The summed E-state index contributed by atoms with van der Waals surface area (Å²) in [7, 11) is -41.9. The second kappa shape index (κ2) is 30.5. The summed E-state index contributed by atoms with van der Waals surface area (Å²) in [6.45, 7) is 0. The molecule has 0 heterocycles. The standard InChI is InChI=1S/2C22H16N4O14S4.4Na/c2*27-21-18-11(9-16(43(35,36)37)19(21)25-23-12-5-1-3-7-14(12)41(29,30)31)10-17(44(38,39)40)20(22(18)28)26-24-13-6-2-4-8-15(13)42(32,33)34;;;;/h2*1-10,27-28H,(H,29,30,31)(H,32,33,34)(H,35,36,37)(H,38,39,40);;;;/q;;4*+1/p-4. The molecule has 8 aromatic rings. The van der Waals surface area contributed by atoms with E-state index >= 15 is 0 Å². The van der Waals surface area contributed by atoms with Crippen LogP contribution >= 0.6 is 0 Å². The quantitative estimate of drug-likeness (QED) is 0.0255. The first kappa shape index (κ1) is 81.4. The molecule has 0 aliphatic heterocycles. The largest absolute Gasteiger partial charge is 1.00 e. The van der Waals surface area contributed by atoms with E-state index in [2.05, 4.69) is 40.9 Å². The number of hydrogen-bond acceptors (Lipinski definition) is 32. The molecule has 0 saturated carbocycles. The summed E-state index contributed by atoms with van der Waals surface area (Å²) < 4.78 is 275. The van der Waals surface area contributed by atoms with Crippen molar-refractivity contribution in [2.75, 3.05) is 0 Å². The van der Waals surface area contributed by atoms with Gasteiger partial charge in [0.2, 0.25) is 0 Å². The predicted molar refractivity (Wildman–Crippen MR) is 288 cm³/mol. The molecule has 0 aromatic heterocycles. The average Bonchev–Trinajstić information content (AvgIpc) is 0.757. The summed E-state index contributed by atoms with van der Waals surface area (Å²) in [4.78, 5) is -8.68. The number of fused-ring (bicyclic) bond motifs is 2. The van der Waals surface area contributed by atoms with Gasteiger partial charge in [0, 0.05) is 0 Å². The molecule has 92 heavy (non-hydrogen) atoms. The molecule has 0 bridgehead atoms. The number of phenols is 4. The maximum absolute atomic E-state index is 12.0. The van der Waals surface area contributed by atoms with Crippen molar-refractivity contribution in [2.45, 2.75) is 39.2 Å². The molecule has 8 N–H and O–H groups in total. The average molecular weight is 1470 g/mol. The molecular weight excluding hydrogens is 1440 g/mol. The van der Waals surface area contributed by atoms with Gasteiger partial charge in [-0.2, -0.15) is 33.7 Å². The Hall–Kier alpha value is -4.84. The maximum Gasteiger partial charge on any atom is 1.00 e. The fourth-order valence-corrected chi connectivity index (χ4v) is 12.6. The van der Waals surface area contributed by atoms with Gasteiger partial charge in [-0.3, -0.25) is 18.2 Å². The van der Waals surface area contributed by atoms with Crippen LogP contribution in [0.2, 0.25) is 0 Å². The molecule has 0 fully saturated rings. The van der Waals surface area contributed by atoms with Crippen molar-refractivity contribution < 1.29 is 242 Å². The number of benzene rings is 8. The predicted octanol–water partition coefficient (Wildman–Crippen LogP) is -5.22. The molecule has 0 saturated heterocycles. The topological polar surface area (TPSA) is 626 Å². The van der Waals surface area contributed by atoms with Gasteiger partial charge in [-0.1, -0.05) is 48.5 Å². The van der Waals surface area contributed by atoms with Crippen molar-refractivity contribution in [2.24, 2.45) is 40.9 Å². The maximum atomic E-state index is 12.0. The molecule has 0 atom stereocenters. The third-order valence-corrected chi connectivity index (χ3v) is 18.2. The van der Waals surface area contributed by atoms with E-state index in [1.807, 2.05) is 0 Å². The summed E-state index contributed by atoms with van der Waals surface area (Å²) in [5.41, 5.74) is -7.12. The first-order valence-electron chi connectivity index (χ1n) is 22.3. The van der Waals surface area contributed by atoms with Crippen molar-refractivity contribution in [3.63, 3.8) is 0 Å². The van der Waals surface area contributed by atoms with Crippen LogP contribution in [0.5, 0.6) is 23.0 Å². The number of phenolic OH excluding ortho intramolecular Hbond substituents is 4. The van der Waals surface area contributed by atoms with E-state index < -0.39 is 210 Å². The van der Waals surface area contributed by atoms with Crippen LogP contribution in [0.4, 0.5) is 45.5 Å². The fraction of sp³-hybridized carbons (Fsp3) is 0. The normalized spacial score (nSPS) is 12.7. The minimum Gasteiger partial charge on any atom is -0.744 e. The van der Waals surface area contributed by atoms with Crippen molar-refractivity contribution in [3.05, 3.63) is 121 Å². The van der Waals surface area contributed by atoms with Crippen molar-refractivity contribution in [3.8, 4) is 23.0 Å². The van der Waals surface area contributed by atoms with Gasteiger partial charge in [0.15, 0.2) is 23.0 Å². The third kappa shape index (κ3) is 18.8. The molecule has 8 rings (SSSR count). The van der Waals surface area contributed by atoms with Gasteiger partial charge in [0.25, 0.3) is 40.5 Å². The van der Waals surface area contributed by atoms with E-state index in [4.69, 9.17) is 0 Å². The Morgan fingerprint density at radius 2 is 0.424 bits per heavy atom. The minimum absolute atomic E-state index is 0. The van der Waals surface area contributed by atoms with Crippen molar-refractivity contribution in [1.82, 2.24) is 0 Å². The summed E-state index contributed by atoms with van der Waals surface area (Å²) in [5, 5.41) is 68.2. The zero-order valence-corrected chi connectivity index (χ0v) is 60.7. The second-order valence-electron chi connectivity index (χ2n) is 16.9. The zero-order chi connectivity index (χ0) is 65.7. The second-order valence-corrected chi connectivity index (χ2v) is 27.8. The summed E-state index contributed by atoms with van der Waals surface area (Å²) in [5.74, 6) is -5.42. The van der Waals surface area contributed by atoms with Crippen LogP contribution in [0.25, 0.3) is 21.5 Å². The molecule has 0 unspecified atom stereocenters. The molecule has 0 amide bonds. The Morgan fingerprint density at radius 3 is 0.576 bits per heavy atom. The molecule has 0 aliphatic rings. The zero-order valence-electron chi connectivity index (χ0n) is 46.1. The van der Waals surface area contributed by atoms with Gasteiger partial charge in [0.05, 0.1) is 30.4 Å². The first-order chi connectivity index (χ1) is 40.4. The molecule has 0 radical (unpaired) electrons. The Labute approximate surface area is 607 Å². The van der Waals surface area contributed by atoms with E-state index in [1.54, 1.807) is 0 Å². The minimum atomic E-state index is -5.59. The molecule has 0 spiro atoms. The first-order valence-corrected chi connectivity index (χ1v) is 33.7. The fourth-order valence-electron chi connectivity index (χ4n) is 7.52. The van der Waals surface area contributed by atoms with Gasteiger partial charge in [-0.05, 0) is 83.6 Å². The molecule has 36 nitrogen and oxygen atoms in total. The van der Waals surface area contributed by atoms with Gasteiger partial charge in [-0.15, -0.1) is 40.9 Å². The van der Waals surface area contributed by atoms with Crippen molar-refractivity contribution in [1.29, 1.82) is 0 Å². The molecule has 0 aliphatic carbocycles. The van der Waals surface area contributed by atoms with Crippen LogP contribution < -0.4 is 118 Å². The number of aromatic hydroxyl groups is 4. The van der Waals surface area contributed by atoms with Crippen LogP contribution in [0, 0.1) is 0 Å². The van der Waals surface area contributed by atoms with Gasteiger partial charge in [0.1, 0.15) is 106 Å². The Bertz CT molecular complexity index is 4740. The van der Waals surface area contributed by atoms with Crippen LogP contribution in [-0.4, -0.2) is 124 Å². The van der Waals surface area contributed by atoms with Gasteiger partial charge < -0.3 is 38.6 Å².